The standard InChI is InChI=1S/C12H16N2O2.C7H12.2CHNO/c15-9-13-7-5-11-3-1-2-4-12(11)6-8-14-10-16;1-2-7-4-3-6(1)5-7;2*2-1-3/h1-8H2;6-7H,1-5H2;2*2H. The Labute approximate surface area is 171 Å². The Hall–Kier alpha value is -2.74. The molecule has 0 aliphatic heterocycles. The number of carbonyl (C=O) groups excluding carboxylic acids is 4. The maximum atomic E-state index is 9.97. The molecule has 29 heavy (non-hydrogen) atoms. The summed E-state index contributed by atoms with van der Waals surface area (Å²) in [6.45, 7) is 1.05. The molecule has 0 aromatic carbocycles. The lowest BCUT2D eigenvalue weighted by atomic mass is 9.88. The lowest BCUT2D eigenvalue weighted by Crippen LogP contribution is -2.03. The largest absolute Gasteiger partial charge is 0.234 e. The van der Waals surface area contributed by atoms with E-state index >= 15 is 0 Å². The summed E-state index contributed by atoms with van der Waals surface area (Å²) in [5.41, 5.74) is 2.79. The third-order valence-electron chi connectivity index (χ3n) is 5.52. The molecule has 0 radical (unpaired) electrons. The molecule has 2 bridgehead atoms. The van der Waals surface area contributed by atoms with Crippen molar-refractivity contribution in [2.24, 2.45) is 21.8 Å². The van der Waals surface area contributed by atoms with Crippen LogP contribution in [0.3, 0.4) is 0 Å². The summed E-state index contributed by atoms with van der Waals surface area (Å²) in [5, 5.41) is 10.8. The Morgan fingerprint density at radius 3 is 1.31 bits per heavy atom. The van der Waals surface area contributed by atoms with Crippen LogP contribution in [-0.2, 0) is 19.2 Å². The molecule has 0 unspecified atom stereocenters. The van der Waals surface area contributed by atoms with Crippen LogP contribution >= 0.6 is 0 Å². The summed E-state index contributed by atoms with van der Waals surface area (Å²) in [6, 6.07) is 0. The molecule has 8 nitrogen and oxygen atoms in total. The number of isocyanates is 4. The Morgan fingerprint density at radius 2 is 1.07 bits per heavy atom. The summed E-state index contributed by atoms with van der Waals surface area (Å²) in [5.74, 6) is 2.34. The van der Waals surface area contributed by atoms with Gasteiger partial charge in [0.05, 0.1) is 13.1 Å². The fourth-order valence-electron chi connectivity index (χ4n) is 4.28. The van der Waals surface area contributed by atoms with Gasteiger partial charge < -0.3 is 0 Å². The minimum Gasteiger partial charge on any atom is -0.222 e. The third kappa shape index (κ3) is 13.1. The molecule has 0 atom stereocenters. The van der Waals surface area contributed by atoms with E-state index in [0.29, 0.717) is 13.1 Å². The van der Waals surface area contributed by atoms with Crippen LogP contribution in [0.5, 0.6) is 0 Å². The zero-order valence-electron chi connectivity index (χ0n) is 16.9. The summed E-state index contributed by atoms with van der Waals surface area (Å²) in [7, 11) is 0. The minimum atomic E-state index is 0.527. The van der Waals surface area contributed by atoms with Crippen molar-refractivity contribution < 1.29 is 19.2 Å². The van der Waals surface area contributed by atoms with Gasteiger partial charge in [-0.15, -0.1) is 0 Å². The van der Waals surface area contributed by atoms with Crippen LogP contribution in [0.15, 0.2) is 21.1 Å². The molecule has 3 aliphatic rings. The first-order valence-electron chi connectivity index (χ1n) is 10.0. The highest BCUT2D eigenvalue weighted by Crippen LogP contribution is 2.43. The number of hydrogen-bond acceptors (Lipinski definition) is 8. The van der Waals surface area contributed by atoms with Gasteiger partial charge in [-0.1, -0.05) is 36.8 Å². The van der Waals surface area contributed by atoms with Gasteiger partial charge in [0.15, 0.2) is 0 Å². The number of rotatable bonds is 6. The van der Waals surface area contributed by atoms with Crippen LogP contribution in [0.2, 0.25) is 0 Å². The van der Waals surface area contributed by atoms with Gasteiger partial charge in [0.25, 0.3) is 0 Å². The van der Waals surface area contributed by atoms with Crippen LogP contribution in [0.1, 0.15) is 70.6 Å². The van der Waals surface area contributed by atoms with E-state index in [9.17, 15) is 9.59 Å². The summed E-state index contributed by atoms with van der Waals surface area (Å²) >= 11 is 0. The predicted molar refractivity (Wildman–Crippen MR) is 108 cm³/mol. The van der Waals surface area contributed by atoms with Crippen molar-refractivity contribution in [3.63, 3.8) is 0 Å². The smallest absolute Gasteiger partial charge is 0.222 e. The maximum absolute atomic E-state index is 9.97. The molecule has 0 heterocycles. The van der Waals surface area contributed by atoms with E-state index in [1.54, 1.807) is 44.3 Å². The number of aliphatic imine (C=N–C) groups is 2. The zero-order chi connectivity index (χ0) is 21.7. The normalized spacial score (nSPS) is 20.6. The molecule has 8 heteroatoms. The van der Waals surface area contributed by atoms with E-state index in [-0.39, 0.29) is 0 Å². The van der Waals surface area contributed by atoms with Crippen LogP contribution in [0.25, 0.3) is 0 Å². The molecule has 0 saturated heterocycles. The van der Waals surface area contributed by atoms with E-state index in [4.69, 9.17) is 20.4 Å². The topological polar surface area (TPSA) is 141 Å². The molecule has 0 aromatic rings. The maximum Gasteiger partial charge on any atom is 0.234 e. The van der Waals surface area contributed by atoms with Crippen LogP contribution in [0.4, 0.5) is 0 Å². The zero-order valence-corrected chi connectivity index (χ0v) is 16.9. The van der Waals surface area contributed by atoms with E-state index in [0.717, 1.165) is 37.8 Å². The van der Waals surface area contributed by atoms with Gasteiger partial charge in [0, 0.05) is 0 Å². The van der Waals surface area contributed by atoms with Gasteiger partial charge in [-0.3, -0.25) is 0 Å². The monoisotopic (exact) mass is 402 g/mol. The molecule has 2 N–H and O–H groups in total. The SMILES string of the molecule is C1CC2CCC1C2.N=C=O.N=C=O.O=C=NCCC1=C(CCN=C=O)CCCC1. The summed E-state index contributed by atoms with van der Waals surface area (Å²) < 4.78 is 0. The van der Waals surface area contributed by atoms with Gasteiger partial charge in [0.1, 0.15) is 0 Å². The van der Waals surface area contributed by atoms with E-state index in [1.165, 1.54) is 35.8 Å². The molecule has 3 aliphatic carbocycles. The summed E-state index contributed by atoms with van der Waals surface area (Å²) in [6.07, 6.45) is 18.7. The minimum absolute atomic E-state index is 0.527. The highest BCUT2D eigenvalue weighted by atomic mass is 16.1. The molecular weight excluding hydrogens is 372 g/mol. The van der Waals surface area contributed by atoms with Crippen molar-refractivity contribution in [3.05, 3.63) is 11.1 Å². The second-order valence-corrected chi connectivity index (χ2v) is 7.19. The van der Waals surface area contributed by atoms with E-state index in [2.05, 4.69) is 9.98 Å². The van der Waals surface area contributed by atoms with Crippen molar-refractivity contribution >= 4 is 24.3 Å². The van der Waals surface area contributed by atoms with Gasteiger partial charge in [-0.05, 0) is 56.8 Å². The average Bonchev–Trinajstić information content (AvgIpc) is 3.37. The molecule has 0 amide bonds. The van der Waals surface area contributed by atoms with Gasteiger partial charge >= 0.3 is 0 Å². The first-order valence-corrected chi connectivity index (χ1v) is 10.0. The molecular formula is C21H30N4O4. The Morgan fingerprint density at radius 1 is 0.724 bits per heavy atom. The first kappa shape index (κ1) is 26.3. The molecule has 2 fully saturated rings. The Kier molecular flexibility index (Phi) is 16.9. The number of nitrogens with zero attached hydrogens (tertiary/aromatic N) is 2. The number of nitrogens with one attached hydrogen (secondary N) is 2. The molecule has 2 saturated carbocycles. The molecule has 158 valence electrons. The fraction of sp³-hybridized carbons (Fsp3) is 0.714. The quantitative estimate of drug-likeness (QED) is 0.388. The van der Waals surface area contributed by atoms with E-state index in [1.807, 2.05) is 0 Å². The van der Waals surface area contributed by atoms with Gasteiger partial charge in [-0.25, -0.2) is 40.0 Å². The van der Waals surface area contributed by atoms with Crippen molar-refractivity contribution in [1.82, 2.24) is 0 Å². The first-order chi connectivity index (χ1) is 14.2. The molecule has 3 rings (SSSR count). The third-order valence-corrected chi connectivity index (χ3v) is 5.52. The lowest BCUT2D eigenvalue weighted by molar-refractivity contribution is 0.480. The van der Waals surface area contributed by atoms with Crippen LogP contribution in [0, 0.1) is 22.7 Å². The molecule has 0 spiro atoms. The number of hydrogen-bond donors (Lipinski definition) is 2. The highest BCUT2D eigenvalue weighted by Gasteiger charge is 2.30. The summed E-state index contributed by atoms with van der Waals surface area (Å²) in [4.78, 5) is 43.8. The van der Waals surface area contributed by atoms with Crippen molar-refractivity contribution in [3.8, 4) is 0 Å². The average molecular weight is 402 g/mol. The fourth-order valence-corrected chi connectivity index (χ4v) is 4.28. The van der Waals surface area contributed by atoms with E-state index < -0.39 is 0 Å². The Balaban J connectivity index is 0.000000490. The molecule has 0 aromatic heterocycles. The second kappa shape index (κ2) is 18.6. The van der Waals surface area contributed by atoms with Gasteiger partial charge in [0.2, 0.25) is 24.3 Å². The van der Waals surface area contributed by atoms with Crippen molar-refractivity contribution in [1.29, 1.82) is 10.8 Å². The highest BCUT2D eigenvalue weighted by molar-refractivity contribution is 5.33. The predicted octanol–water partition coefficient (Wildman–Crippen LogP) is 4.31. The Bertz CT molecular complexity index is 600. The lowest BCUT2D eigenvalue weighted by Gasteiger charge is -2.19. The number of fused-ring (bicyclic) bond motifs is 2. The van der Waals surface area contributed by atoms with Crippen LogP contribution in [-0.4, -0.2) is 37.4 Å². The van der Waals surface area contributed by atoms with Gasteiger partial charge in [-0.2, -0.15) is 0 Å². The second-order valence-electron chi connectivity index (χ2n) is 7.19. The van der Waals surface area contributed by atoms with Crippen LogP contribution < -0.4 is 0 Å². The van der Waals surface area contributed by atoms with Crippen molar-refractivity contribution in [2.75, 3.05) is 13.1 Å². The van der Waals surface area contributed by atoms with Crippen molar-refractivity contribution in [2.45, 2.75) is 70.6 Å².